The number of hydrogen-bond acceptors (Lipinski definition) is 4. The molecule has 29 heavy (non-hydrogen) atoms. The third kappa shape index (κ3) is 5.02. The summed E-state index contributed by atoms with van der Waals surface area (Å²) >= 11 is 0. The van der Waals surface area contributed by atoms with Gasteiger partial charge in [-0.1, -0.05) is 36.4 Å². The Balaban J connectivity index is 1.51. The van der Waals surface area contributed by atoms with Crippen molar-refractivity contribution in [2.24, 2.45) is 5.92 Å². The number of rotatable bonds is 6. The average Bonchev–Trinajstić information content (AvgIpc) is 3.11. The lowest BCUT2D eigenvalue weighted by Crippen LogP contribution is -2.30. The third-order valence-corrected chi connectivity index (χ3v) is 5.38. The van der Waals surface area contributed by atoms with E-state index in [0.717, 1.165) is 16.7 Å². The second-order valence-corrected chi connectivity index (χ2v) is 7.49. The molecular weight excluding hydrogens is 368 g/mol. The third-order valence-electron chi connectivity index (χ3n) is 5.38. The van der Waals surface area contributed by atoms with Crippen molar-refractivity contribution in [3.8, 4) is 0 Å². The summed E-state index contributed by atoms with van der Waals surface area (Å²) in [6, 6.07) is 15.2. The van der Waals surface area contributed by atoms with Crippen LogP contribution in [-0.2, 0) is 19.1 Å². The number of likely N-dealkylation sites (tertiary alicyclic amines) is 1. The molecule has 0 aromatic heterocycles. The summed E-state index contributed by atoms with van der Waals surface area (Å²) in [4.78, 5) is 38.5. The molecule has 0 unspecified atom stereocenters. The van der Waals surface area contributed by atoms with Gasteiger partial charge in [0.2, 0.25) is 5.91 Å². The number of nitrogens with one attached hydrogen (secondary N) is 1. The van der Waals surface area contributed by atoms with Gasteiger partial charge in [0, 0.05) is 18.7 Å². The van der Waals surface area contributed by atoms with Crippen LogP contribution in [0, 0.1) is 19.8 Å². The molecular formula is C23H26N2O4. The highest BCUT2D eigenvalue weighted by Gasteiger charge is 2.38. The van der Waals surface area contributed by atoms with Crippen LogP contribution in [0.25, 0.3) is 0 Å². The summed E-state index contributed by atoms with van der Waals surface area (Å²) in [7, 11) is 0. The summed E-state index contributed by atoms with van der Waals surface area (Å²) in [5.74, 6) is -1.55. The second-order valence-electron chi connectivity index (χ2n) is 7.49. The van der Waals surface area contributed by atoms with Crippen molar-refractivity contribution in [1.82, 2.24) is 4.90 Å². The van der Waals surface area contributed by atoms with E-state index in [1.165, 1.54) is 0 Å². The normalized spacial score (nSPS) is 17.1. The Morgan fingerprint density at radius 3 is 2.55 bits per heavy atom. The predicted molar refractivity (Wildman–Crippen MR) is 110 cm³/mol. The van der Waals surface area contributed by atoms with Crippen molar-refractivity contribution in [2.75, 3.05) is 18.5 Å². The van der Waals surface area contributed by atoms with Crippen LogP contribution in [0.3, 0.4) is 0 Å². The summed E-state index contributed by atoms with van der Waals surface area (Å²) < 4.78 is 5.17. The molecule has 2 aromatic rings. The Morgan fingerprint density at radius 1 is 1.14 bits per heavy atom. The average molecular weight is 394 g/mol. The molecule has 152 valence electrons. The van der Waals surface area contributed by atoms with Gasteiger partial charge in [-0.25, -0.2) is 0 Å². The molecule has 6 heteroatoms. The van der Waals surface area contributed by atoms with Crippen LogP contribution >= 0.6 is 0 Å². The van der Waals surface area contributed by atoms with E-state index in [0.29, 0.717) is 12.2 Å². The number of anilines is 1. The first kappa shape index (κ1) is 20.6. The standard InChI is InChI=1S/C23H26N2O4/c1-15-9-10-20(11-16(15)2)24-21(26)14-29-23(28)19-12-22(27)25(13-19)17(3)18-7-5-4-6-8-18/h4-11,17,19H,12-14H2,1-3H3,(H,24,26)/t17-,19-/m1/s1. The molecule has 1 aliphatic rings. The van der Waals surface area contributed by atoms with Crippen molar-refractivity contribution in [3.05, 3.63) is 65.2 Å². The van der Waals surface area contributed by atoms with Crippen molar-refractivity contribution in [2.45, 2.75) is 33.2 Å². The zero-order valence-electron chi connectivity index (χ0n) is 17.0. The minimum absolute atomic E-state index is 0.0807. The van der Waals surface area contributed by atoms with Gasteiger partial charge in [-0.3, -0.25) is 14.4 Å². The van der Waals surface area contributed by atoms with Crippen LogP contribution in [0.1, 0.15) is 36.1 Å². The lowest BCUT2D eigenvalue weighted by atomic mass is 10.1. The van der Waals surface area contributed by atoms with E-state index >= 15 is 0 Å². The van der Waals surface area contributed by atoms with Crippen LogP contribution in [0.2, 0.25) is 0 Å². The molecule has 0 aliphatic carbocycles. The van der Waals surface area contributed by atoms with E-state index in [-0.39, 0.29) is 25.0 Å². The number of amides is 2. The number of hydrogen-bond donors (Lipinski definition) is 1. The molecule has 1 heterocycles. The Morgan fingerprint density at radius 2 is 1.86 bits per heavy atom. The Kier molecular flexibility index (Phi) is 6.32. The molecule has 3 rings (SSSR count). The maximum Gasteiger partial charge on any atom is 0.311 e. The first-order valence-electron chi connectivity index (χ1n) is 9.73. The summed E-state index contributed by atoms with van der Waals surface area (Å²) in [6.45, 7) is 5.83. The quantitative estimate of drug-likeness (QED) is 0.762. The van der Waals surface area contributed by atoms with Gasteiger partial charge in [-0.15, -0.1) is 0 Å². The maximum absolute atomic E-state index is 12.4. The second kappa shape index (κ2) is 8.90. The molecule has 0 saturated carbocycles. The molecule has 0 spiro atoms. The van der Waals surface area contributed by atoms with Gasteiger partial charge in [-0.05, 0) is 49.6 Å². The number of carbonyl (C=O) groups is 3. The maximum atomic E-state index is 12.4. The largest absolute Gasteiger partial charge is 0.455 e. The molecule has 2 amide bonds. The molecule has 1 fully saturated rings. The summed E-state index contributed by atoms with van der Waals surface area (Å²) in [5.41, 5.74) is 3.88. The van der Waals surface area contributed by atoms with Gasteiger partial charge >= 0.3 is 5.97 Å². The Hall–Kier alpha value is -3.15. The fraction of sp³-hybridized carbons (Fsp3) is 0.348. The molecule has 2 atom stereocenters. The van der Waals surface area contributed by atoms with Crippen molar-refractivity contribution in [3.63, 3.8) is 0 Å². The summed E-state index contributed by atoms with van der Waals surface area (Å²) in [5, 5.41) is 2.72. The highest BCUT2D eigenvalue weighted by atomic mass is 16.5. The van der Waals surface area contributed by atoms with Crippen molar-refractivity contribution in [1.29, 1.82) is 0 Å². The highest BCUT2D eigenvalue weighted by molar-refractivity contribution is 5.93. The van der Waals surface area contributed by atoms with Gasteiger partial charge in [0.25, 0.3) is 5.91 Å². The van der Waals surface area contributed by atoms with E-state index in [4.69, 9.17) is 4.74 Å². The topological polar surface area (TPSA) is 75.7 Å². The molecule has 0 bridgehead atoms. The van der Waals surface area contributed by atoms with E-state index in [1.807, 2.05) is 63.2 Å². The zero-order valence-corrected chi connectivity index (χ0v) is 17.0. The van der Waals surface area contributed by atoms with Crippen LogP contribution in [0.4, 0.5) is 5.69 Å². The van der Waals surface area contributed by atoms with Gasteiger partial charge in [0.1, 0.15) is 0 Å². The monoisotopic (exact) mass is 394 g/mol. The van der Waals surface area contributed by atoms with Crippen LogP contribution in [0.15, 0.2) is 48.5 Å². The number of ether oxygens (including phenoxy) is 1. The van der Waals surface area contributed by atoms with Gasteiger partial charge in [-0.2, -0.15) is 0 Å². The smallest absolute Gasteiger partial charge is 0.311 e. The number of benzene rings is 2. The molecule has 1 aliphatic heterocycles. The number of aryl methyl sites for hydroxylation is 2. The van der Waals surface area contributed by atoms with Gasteiger partial charge < -0.3 is 15.0 Å². The lowest BCUT2D eigenvalue weighted by Gasteiger charge is -2.25. The molecule has 2 aromatic carbocycles. The minimum atomic E-state index is -0.553. The Bertz CT molecular complexity index is 910. The van der Waals surface area contributed by atoms with Gasteiger partial charge in [0.05, 0.1) is 12.0 Å². The van der Waals surface area contributed by atoms with E-state index in [1.54, 1.807) is 11.0 Å². The van der Waals surface area contributed by atoms with Crippen LogP contribution in [0.5, 0.6) is 0 Å². The lowest BCUT2D eigenvalue weighted by molar-refractivity contribution is -0.151. The molecule has 1 N–H and O–H groups in total. The number of nitrogens with zero attached hydrogens (tertiary/aromatic N) is 1. The molecule has 0 radical (unpaired) electrons. The SMILES string of the molecule is Cc1ccc(NC(=O)COC(=O)[C@@H]2CC(=O)N([C@H](C)c3ccccc3)C2)cc1C. The van der Waals surface area contributed by atoms with Crippen molar-refractivity contribution >= 4 is 23.5 Å². The van der Waals surface area contributed by atoms with Crippen molar-refractivity contribution < 1.29 is 19.1 Å². The predicted octanol–water partition coefficient (Wildman–Crippen LogP) is 3.39. The summed E-state index contributed by atoms with van der Waals surface area (Å²) in [6.07, 6.45) is 0.106. The first-order valence-corrected chi connectivity index (χ1v) is 9.73. The van der Waals surface area contributed by atoms with E-state index in [2.05, 4.69) is 5.32 Å². The highest BCUT2D eigenvalue weighted by Crippen LogP contribution is 2.29. The first-order chi connectivity index (χ1) is 13.8. The number of esters is 1. The molecule has 1 saturated heterocycles. The van der Waals surface area contributed by atoms with Crippen LogP contribution < -0.4 is 5.32 Å². The zero-order chi connectivity index (χ0) is 21.0. The molecule has 6 nitrogen and oxygen atoms in total. The van der Waals surface area contributed by atoms with Crippen LogP contribution in [-0.4, -0.2) is 35.8 Å². The minimum Gasteiger partial charge on any atom is -0.455 e. The van der Waals surface area contributed by atoms with E-state index < -0.39 is 17.8 Å². The fourth-order valence-corrected chi connectivity index (χ4v) is 3.45. The fourth-order valence-electron chi connectivity index (χ4n) is 3.45. The van der Waals surface area contributed by atoms with E-state index in [9.17, 15) is 14.4 Å². The van der Waals surface area contributed by atoms with Gasteiger partial charge in [0.15, 0.2) is 6.61 Å². The Labute approximate surface area is 170 Å². The number of carbonyl (C=O) groups excluding carboxylic acids is 3.